The maximum atomic E-state index is 12.7. The largest absolute Gasteiger partial charge is 0.497 e. The van der Waals surface area contributed by atoms with Gasteiger partial charge in [0.1, 0.15) is 5.75 Å². The van der Waals surface area contributed by atoms with Crippen LogP contribution in [0.5, 0.6) is 5.75 Å². The molecule has 0 atom stereocenters. The van der Waals surface area contributed by atoms with Crippen molar-refractivity contribution in [2.45, 2.75) is 13.8 Å². The number of esters is 1. The van der Waals surface area contributed by atoms with Gasteiger partial charge in [0.05, 0.1) is 30.8 Å². The quantitative estimate of drug-likeness (QED) is 0.183. The Balaban J connectivity index is 1.70. The molecule has 0 unspecified atom stereocenters. The molecule has 0 spiro atoms. The minimum atomic E-state index is -0.401. The van der Waals surface area contributed by atoms with Gasteiger partial charge in [-0.3, -0.25) is 0 Å². The van der Waals surface area contributed by atoms with E-state index in [1.54, 1.807) is 14.0 Å². The van der Waals surface area contributed by atoms with Crippen LogP contribution in [-0.2, 0) is 9.53 Å². The van der Waals surface area contributed by atoms with E-state index < -0.39 is 5.97 Å². The van der Waals surface area contributed by atoms with Gasteiger partial charge < -0.3 is 9.47 Å². The fourth-order valence-corrected chi connectivity index (χ4v) is 4.33. The number of rotatable bonds is 7. The van der Waals surface area contributed by atoms with Crippen LogP contribution >= 0.6 is 0 Å². The van der Waals surface area contributed by atoms with Crippen LogP contribution in [0, 0.1) is 6.92 Å². The van der Waals surface area contributed by atoms with E-state index in [1.807, 2.05) is 53.2 Å². The number of carbonyl (C=O) groups is 1. The van der Waals surface area contributed by atoms with Gasteiger partial charge in [0.15, 0.2) is 0 Å². The molecule has 37 heavy (non-hydrogen) atoms. The van der Waals surface area contributed by atoms with Gasteiger partial charge in [0, 0.05) is 17.2 Å². The fourth-order valence-electron chi connectivity index (χ4n) is 4.33. The smallest absolute Gasteiger partial charge is 0.331 e. The third kappa shape index (κ3) is 5.16. The van der Waals surface area contributed by atoms with Gasteiger partial charge in [-0.1, -0.05) is 66.2 Å². The normalized spacial score (nSPS) is 11.5. The van der Waals surface area contributed by atoms with Crippen molar-refractivity contribution < 1.29 is 14.3 Å². The number of benzene rings is 4. The Bertz CT molecular complexity index is 1580. The lowest BCUT2D eigenvalue weighted by atomic mass is 9.98. The van der Waals surface area contributed by atoms with Crippen molar-refractivity contribution >= 4 is 22.3 Å². The van der Waals surface area contributed by atoms with Crippen molar-refractivity contribution in [2.24, 2.45) is 0 Å². The van der Waals surface area contributed by atoms with Gasteiger partial charge in [-0.05, 0) is 66.6 Å². The van der Waals surface area contributed by atoms with E-state index in [2.05, 4.69) is 55.5 Å². The first-order chi connectivity index (χ1) is 18.1. The highest BCUT2D eigenvalue weighted by molar-refractivity contribution is 5.98. The van der Waals surface area contributed by atoms with E-state index in [0.717, 1.165) is 39.0 Å². The Morgan fingerprint density at radius 3 is 2.32 bits per heavy atom. The van der Waals surface area contributed by atoms with Crippen LogP contribution in [0.1, 0.15) is 23.7 Å². The lowest BCUT2D eigenvalue weighted by Gasteiger charge is -2.09. The number of aromatic nitrogens is 2. The number of carbonyl (C=O) groups excluding carboxylic acids is 1. The molecule has 0 bridgehead atoms. The van der Waals surface area contributed by atoms with E-state index >= 15 is 0 Å². The van der Waals surface area contributed by atoms with Crippen molar-refractivity contribution in [1.29, 1.82) is 0 Å². The first-order valence-corrected chi connectivity index (χ1v) is 12.3. The molecule has 1 heterocycles. The standard InChI is InChI=1S/C32H28N2O3/c1-4-37-32(35)20-29(26-14-13-23-7-5-6-8-25(23)19-26)30-21-31(24-11-9-22(2)10-12-24)34(33-30)27-15-17-28(36-3)18-16-27/h5-21H,4H2,1-3H3/b29-20+. The minimum absolute atomic E-state index is 0.301. The molecule has 0 fully saturated rings. The Morgan fingerprint density at radius 2 is 1.62 bits per heavy atom. The molecular formula is C32H28N2O3. The molecule has 5 heteroatoms. The molecule has 0 saturated heterocycles. The Kier molecular flexibility index (Phi) is 6.86. The average molecular weight is 489 g/mol. The zero-order valence-electron chi connectivity index (χ0n) is 21.1. The van der Waals surface area contributed by atoms with Gasteiger partial charge >= 0.3 is 5.97 Å². The van der Waals surface area contributed by atoms with E-state index in [4.69, 9.17) is 14.6 Å². The highest BCUT2D eigenvalue weighted by Crippen LogP contribution is 2.32. The van der Waals surface area contributed by atoms with Crippen molar-refractivity contribution in [3.8, 4) is 22.7 Å². The summed E-state index contributed by atoms with van der Waals surface area (Å²) in [4.78, 5) is 12.7. The second-order valence-electron chi connectivity index (χ2n) is 8.76. The molecule has 0 N–H and O–H groups in total. The van der Waals surface area contributed by atoms with Crippen LogP contribution < -0.4 is 4.74 Å². The average Bonchev–Trinajstić information content (AvgIpc) is 3.37. The Hall–Kier alpha value is -4.64. The van der Waals surface area contributed by atoms with Crippen LogP contribution in [0.3, 0.4) is 0 Å². The number of fused-ring (bicyclic) bond motifs is 1. The van der Waals surface area contributed by atoms with Crippen LogP contribution in [0.2, 0.25) is 0 Å². The zero-order valence-corrected chi connectivity index (χ0v) is 21.1. The molecule has 0 aliphatic rings. The number of aryl methyl sites for hydroxylation is 1. The highest BCUT2D eigenvalue weighted by atomic mass is 16.5. The fraction of sp³-hybridized carbons (Fsp3) is 0.125. The van der Waals surface area contributed by atoms with Crippen LogP contribution in [0.4, 0.5) is 0 Å². The van der Waals surface area contributed by atoms with Crippen molar-refractivity contribution in [3.05, 3.63) is 120 Å². The van der Waals surface area contributed by atoms with Gasteiger partial charge in [-0.15, -0.1) is 0 Å². The third-order valence-electron chi connectivity index (χ3n) is 6.26. The van der Waals surface area contributed by atoms with Gasteiger partial charge in [0.25, 0.3) is 0 Å². The summed E-state index contributed by atoms with van der Waals surface area (Å²) < 4.78 is 12.5. The van der Waals surface area contributed by atoms with Crippen molar-refractivity contribution in [3.63, 3.8) is 0 Å². The summed E-state index contributed by atoms with van der Waals surface area (Å²) in [5.74, 6) is 0.369. The van der Waals surface area contributed by atoms with Crippen molar-refractivity contribution in [1.82, 2.24) is 9.78 Å². The monoisotopic (exact) mass is 488 g/mol. The van der Waals surface area contributed by atoms with Crippen LogP contribution in [0.25, 0.3) is 33.3 Å². The maximum absolute atomic E-state index is 12.7. The molecule has 0 amide bonds. The Morgan fingerprint density at radius 1 is 0.892 bits per heavy atom. The number of methoxy groups -OCH3 is 1. The molecule has 5 rings (SSSR count). The van der Waals surface area contributed by atoms with E-state index in [0.29, 0.717) is 17.9 Å². The molecular weight excluding hydrogens is 460 g/mol. The molecule has 1 aromatic heterocycles. The third-order valence-corrected chi connectivity index (χ3v) is 6.26. The maximum Gasteiger partial charge on any atom is 0.331 e. The first-order valence-electron chi connectivity index (χ1n) is 12.3. The summed E-state index contributed by atoms with van der Waals surface area (Å²) in [6.45, 7) is 4.17. The van der Waals surface area contributed by atoms with Crippen LogP contribution in [-0.4, -0.2) is 29.5 Å². The zero-order chi connectivity index (χ0) is 25.8. The molecule has 5 aromatic rings. The second kappa shape index (κ2) is 10.5. The topological polar surface area (TPSA) is 53.4 Å². The van der Waals surface area contributed by atoms with Crippen LogP contribution in [0.15, 0.2) is 103 Å². The summed E-state index contributed by atoms with van der Waals surface area (Å²) in [5, 5.41) is 7.22. The lowest BCUT2D eigenvalue weighted by Crippen LogP contribution is -2.03. The van der Waals surface area contributed by atoms with E-state index in [9.17, 15) is 4.79 Å². The summed E-state index contributed by atoms with van der Waals surface area (Å²) in [7, 11) is 1.65. The number of hydrogen-bond donors (Lipinski definition) is 0. The molecule has 4 aromatic carbocycles. The molecule has 0 saturated carbocycles. The SMILES string of the molecule is CCOC(=O)/C=C(\c1ccc2ccccc2c1)c1cc(-c2ccc(C)cc2)n(-c2ccc(OC)cc2)n1. The summed E-state index contributed by atoms with van der Waals surface area (Å²) >= 11 is 0. The Labute approximate surface area is 216 Å². The molecule has 0 radical (unpaired) electrons. The van der Waals surface area contributed by atoms with E-state index in [1.165, 1.54) is 11.6 Å². The minimum Gasteiger partial charge on any atom is -0.497 e. The van der Waals surface area contributed by atoms with E-state index in [-0.39, 0.29) is 0 Å². The highest BCUT2D eigenvalue weighted by Gasteiger charge is 2.18. The molecule has 5 nitrogen and oxygen atoms in total. The second-order valence-corrected chi connectivity index (χ2v) is 8.76. The predicted molar refractivity (Wildman–Crippen MR) is 148 cm³/mol. The molecule has 0 aliphatic heterocycles. The first kappa shape index (κ1) is 24.1. The number of nitrogens with zero attached hydrogens (tertiary/aromatic N) is 2. The summed E-state index contributed by atoms with van der Waals surface area (Å²) in [6, 6.07) is 32.4. The predicted octanol–water partition coefficient (Wildman–Crippen LogP) is 7.00. The van der Waals surface area contributed by atoms with Gasteiger partial charge in [0.2, 0.25) is 0 Å². The molecule has 0 aliphatic carbocycles. The van der Waals surface area contributed by atoms with Crippen molar-refractivity contribution in [2.75, 3.05) is 13.7 Å². The lowest BCUT2D eigenvalue weighted by molar-refractivity contribution is -0.137. The van der Waals surface area contributed by atoms with Gasteiger partial charge in [-0.2, -0.15) is 5.10 Å². The van der Waals surface area contributed by atoms with Gasteiger partial charge in [-0.25, -0.2) is 9.48 Å². The number of hydrogen-bond acceptors (Lipinski definition) is 4. The molecule has 184 valence electrons. The summed E-state index contributed by atoms with van der Waals surface area (Å²) in [6.07, 6.45) is 1.53. The number of ether oxygens (including phenoxy) is 2. The summed E-state index contributed by atoms with van der Waals surface area (Å²) in [5.41, 5.74) is 6.26.